The van der Waals surface area contributed by atoms with Crippen LogP contribution in [0.4, 0.5) is 4.39 Å². The summed E-state index contributed by atoms with van der Waals surface area (Å²) in [6.07, 6.45) is 0. The lowest BCUT2D eigenvalue weighted by Crippen LogP contribution is -2.18. The molecule has 0 radical (unpaired) electrons. The van der Waals surface area contributed by atoms with E-state index in [-0.39, 0.29) is 5.75 Å². The van der Waals surface area contributed by atoms with Crippen LogP contribution in [0.1, 0.15) is 0 Å². The van der Waals surface area contributed by atoms with E-state index in [0.717, 1.165) is 6.07 Å². The molecule has 0 aliphatic carbocycles. The third-order valence-corrected chi connectivity index (χ3v) is 1.69. The molecular weight excluding hydrogens is 202 g/mol. The van der Waals surface area contributed by atoms with Gasteiger partial charge in [-0.15, -0.1) is 0 Å². The van der Waals surface area contributed by atoms with E-state index < -0.39 is 12.5 Å². The third-order valence-electron chi connectivity index (χ3n) is 1.05. The van der Waals surface area contributed by atoms with Crippen molar-refractivity contribution >= 4 is 18.5 Å². The van der Waals surface area contributed by atoms with Crippen LogP contribution in [0.5, 0.6) is 5.75 Å². The van der Waals surface area contributed by atoms with Gasteiger partial charge >= 0.3 is 0 Å². The molecule has 0 saturated heterocycles. The normalized spacial score (nSPS) is 11.2. The molecule has 0 N–H and O–H groups in total. The largest absolute Gasteiger partial charge is 0.803 e. The SMILES string of the molecule is [O-]P([O-])(=S)Oc1ccccc1F. The second-order valence-electron chi connectivity index (χ2n) is 1.97. The number of hydrogen-bond acceptors (Lipinski definition) is 4. The van der Waals surface area contributed by atoms with E-state index in [1.807, 2.05) is 0 Å². The van der Waals surface area contributed by atoms with E-state index in [4.69, 9.17) is 0 Å². The molecule has 3 nitrogen and oxygen atoms in total. The fraction of sp³-hybridized carbons (Fsp3) is 0. The van der Waals surface area contributed by atoms with Crippen LogP contribution in [0.3, 0.4) is 0 Å². The standard InChI is InChI=1S/C6H6FO3PS/c7-5-3-1-2-4-6(5)10-11(8,9)12/h1-4H,(H2,8,9,12)/p-2. The molecular formula is C6H4FO3PS-2. The molecule has 1 rings (SSSR count). The quantitative estimate of drug-likeness (QED) is 0.646. The van der Waals surface area contributed by atoms with E-state index in [1.54, 1.807) is 0 Å². The summed E-state index contributed by atoms with van der Waals surface area (Å²) >= 11 is 3.94. The Morgan fingerprint density at radius 3 is 2.42 bits per heavy atom. The Bertz CT molecular complexity index is 324. The first kappa shape index (κ1) is 9.61. The number of benzene rings is 1. The van der Waals surface area contributed by atoms with Gasteiger partial charge in [-0.2, -0.15) is 0 Å². The number of rotatable bonds is 2. The summed E-state index contributed by atoms with van der Waals surface area (Å²) < 4.78 is 16.9. The van der Waals surface area contributed by atoms with E-state index in [0.29, 0.717) is 0 Å². The Kier molecular flexibility index (Phi) is 2.80. The summed E-state index contributed by atoms with van der Waals surface area (Å²) in [5, 5.41) is 0. The number of hydrogen-bond donors (Lipinski definition) is 0. The Hall–Kier alpha value is -0.480. The van der Waals surface area contributed by atoms with Crippen LogP contribution < -0.4 is 14.3 Å². The Morgan fingerprint density at radius 1 is 1.33 bits per heavy atom. The zero-order valence-electron chi connectivity index (χ0n) is 5.77. The fourth-order valence-corrected chi connectivity index (χ4v) is 1.27. The lowest BCUT2D eigenvalue weighted by atomic mass is 10.3. The van der Waals surface area contributed by atoms with E-state index >= 15 is 0 Å². The van der Waals surface area contributed by atoms with E-state index in [1.165, 1.54) is 18.2 Å². The molecule has 1 aromatic rings. The minimum absolute atomic E-state index is 0.370. The topological polar surface area (TPSA) is 55.3 Å². The van der Waals surface area contributed by atoms with Gasteiger partial charge in [0.1, 0.15) is 0 Å². The molecule has 0 aliphatic heterocycles. The van der Waals surface area contributed by atoms with Crippen molar-refractivity contribution in [2.45, 2.75) is 0 Å². The molecule has 0 heterocycles. The smallest absolute Gasteiger partial charge is 0.165 e. The van der Waals surface area contributed by atoms with Crippen molar-refractivity contribution in [3.8, 4) is 5.75 Å². The zero-order chi connectivity index (χ0) is 9.19. The van der Waals surface area contributed by atoms with Gasteiger partial charge in [-0.3, -0.25) is 0 Å². The maximum Gasteiger partial charge on any atom is 0.165 e. The molecule has 0 atom stereocenters. The maximum atomic E-state index is 12.7. The van der Waals surface area contributed by atoms with Gasteiger partial charge in [0.25, 0.3) is 0 Å². The van der Waals surface area contributed by atoms with Crippen molar-refractivity contribution in [2.75, 3.05) is 0 Å². The zero-order valence-corrected chi connectivity index (χ0v) is 7.48. The van der Waals surface area contributed by atoms with Crippen molar-refractivity contribution in [1.82, 2.24) is 0 Å². The van der Waals surface area contributed by atoms with Crippen molar-refractivity contribution < 1.29 is 18.7 Å². The predicted octanol–water partition coefficient (Wildman–Crippen LogP) is 0.150. The predicted molar refractivity (Wildman–Crippen MR) is 41.3 cm³/mol. The Balaban J connectivity index is 2.90. The Morgan fingerprint density at radius 2 is 1.92 bits per heavy atom. The van der Waals surface area contributed by atoms with Crippen molar-refractivity contribution in [2.24, 2.45) is 0 Å². The molecule has 0 fully saturated rings. The highest BCUT2D eigenvalue weighted by molar-refractivity contribution is 8.05. The van der Waals surface area contributed by atoms with Crippen LogP contribution in [0.15, 0.2) is 24.3 Å². The average Bonchev–Trinajstić information content (AvgIpc) is 1.91. The lowest BCUT2D eigenvalue weighted by Gasteiger charge is -2.34. The average molecular weight is 206 g/mol. The van der Waals surface area contributed by atoms with E-state index in [2.05, 4.69) is 16.3 Å². The first-order chi connectivity index (χ1) is 5.49. The van der Waals surface area contributed by atoms with Gasteiger partial charge < -0.3 is 14.3 Å². The lowest BCUT2D eigenvalue weighted by molar-refractivity contribution is -0.313. The molecule has 0 amide bonds. The summed E-state index contributed by atoms with van der Waals surface area (Å²) in [6, 6.07) is 5.14. The van der Waals surface area contributed by atoms with Crippen LogP contribution in [0.25, 0.3) is 0 Å². The molecule has 0 bridgehead atoms. The summed E-state index contributed by atoms with van der Waals surface area (Å²) in [7, 11) is 0. The first-order valence-corrected chi connectivity index (χ1v) is 5.51. The van der Waals surface area contributed by atoms with Crippen molar-refractivity contribution in [3.63, 3.8) is 0 Å². The molecule has 0 saturated carbocycles. The molecule has 1 aromatic carbocycles. The molecule has 0 spiro atoms. The molecule has 0 unspecified atom stereocenters. The summed E-state index contributed by atoms with van der Waals surface area (Å²) in [6.45, 7) is -4.32. The van der Waals surface area contributed by atoms with Crippen molar-refractivity contribution in [3.05, 3.63) is 30.1 Å². The van der Waals surface area contributed by atoms with Gasteiger partial charge in [0, 0.05) is 0 Å². The van der Waals surface area contributed by atoms with Gasteiger partial charge in [0.15, 0.2) is 11.6 Å². The molecule has 0 aromatic heterocycles. The minimum atomic E-state index is -4.32. The van der Waals surface area contributed by atoms with Gasteiger partial charge in [0.2, 0.25) is 0 Å². The summed E-state index contributed by atoms with van der Waals surface area (Å²) in [5.41, 5.74) is 0. The molecule has 0 aliphatic rings. The molecule has 6 heteroatoms. The highest BCUT2D eigenvalue weighted by atomic mass is 32.5. The van der Waals surface area contributed by atoms with Gasteiger partial charge in [-0.25, -0.2) is 4.39 Å². The third kappa shape index (κ3) is 2.87. The number of para-hydroxylation sites is 1. The van der Waals surface area contributed by atoms with Gasteiger partial charge in [-0.05, 0) is 18.9 Å². The Labute approximate surface area is 73.7 Å². The van der Waals surface area contributed by atoms with Crippen LogP contribution >= 0.6 is 6.72 Å². The minimum Gasteiger partial charge on any atom is -0.803 e. The second kappa shape index (κ2) is 3.49. The highest BCUT2D eigenvalue weighted by Crippen LogP contribution is 2.30. The van der Waals surface area contributed by atoms with Crippen LogP contribution in [0, 0.1) is 5.82 Å². The highest BCUT2D eigenvalue weighted by Gasteiger charge is 2.00. The monoisotopic (exact) mass is 206 g/mol. The van der Waals surface area contributed by atoms with Crippen LogP contribution in [-0.4, -0.2) is 0 Å². The molecule has 66 valence electrons. The number of halogens is 1. The summed E-state index contributed by atoms with van der Waals surface area (Å²) in [4.78, 5) is 20.8. The van der Waals surface area contributed by atoms with E-state index in [9.17, 15) is 14.2 Å². The van der Waals surface area contributed by atoms with Crippen LogP contribution in [0.2, 0.25) is 0 Å². The van der Waals surface area contributed by atoms with Crippen LogP contribution in [-0.2, 0) is 11.8 Å². The summed E-state index contributed by atoms with van der Waals surface area (Å²) in [5.74, 6) is -1.12. The van der Waals surface area contributed by atoms with Gasteiger partial charge in [-0.1, -0.05) is 23.9 Å². The van der Waals surface area contributed by atoms with Crippen molar-refractivity contribution in [1.29, 1.82) is 0 Å². The first-order valence-electron chi connectivity index (χ1n) is 2.95. The van der Waals surface area contributed by atoms with Gasteiger partial charge in [0.05, 0.1) is 0 Å². The second-order valence-corrected chi connectivity index (χ2v) is 4.39. The molecule has 12 heavy (non-hydrogen) atoms. The fourth-order valence-electron chi connectivity index (χ4n) is 0.639. The maximum absolute atomic E-state index is 12.7.